The Hall–Kier alpha value is -0.860. The number of hydrogen-bond donors (Lipinski definition) is 2. The standard InChI is InChI=1S/C10H14N2/c1-8-2-4-9(5-3-8)10-6-7-11-12-10/h2-5,10-12H,6-7H2,1H3. The maximum absolute atomic E-state index is 3.24. The van der Waals surface area contributed by atoms with Crippen molar-refractivity contribution in [1.29, 1.82) is 0 Å². The molecule has 0 aromatic heterocycles. The van der Waals surface area contributed by atoms with Crippen molar-refractivity contribution in [2.75, 3.05) is 6.54 Å². The molecule has 1 fully saturated rings. The first-order valence-corrected chi connectivity index (χ1v) is 4.41. The van der Waals surface area contributed by atoms with Gasteiger partial charge in [0, 0.05) is 12.6 Å². The van der Waals surface area contributed by atoms with E-state index >= 15 is 0 Å². The molecule has 1 aliphatic heterocycles. The van der Waals surface area contributed by atoms with E-state index in [9.17, 15) is 0 Å². The molecule has 2 rings (SSSR count). The Kier molecular flexibility index (Phi) is 2.11. The van der Waals surface area contributed by atoms with E-state index in [0.717, 1.165) is 6.54 Å². The largest absolute Gasteiger partial charge is 0.257 e. The van der Waals surface area contributed by atoms with Crippen molar-refractivity contribution in [3.63, 3.8) is 0 Å². The monoisotopic (exact) mass is 162 g/mol. The smallest absolute Gasteiger partial charge is 0.0475 e. The number of hydrazine groups is 1. The van der Waals surface area contributed by atoms with Crippen molar-refractivity contribution in [3.8, 4) is 0 Å². The van der Waals surface area contributed by atoms with Crippen LogP contribution in [0.3, 0.4) is 0 Å². The molecule has 1 saturated heterocycles. The molecule has 2 nitrogen and oxygen atoms in total. The van der Waals surface area contributed by atoms with Crippen molar-refractivity contribution in [1.82, 2.24) is 10.9 Å². The van der Waals surface area contributed by atoms with Gasteiger partial charge in [0.15, 0.2) is 0 Å². The van der Waals surface area contributed by atoms with Gasteiger partial charge in [0.1, 0.15) is 0 Å². The number of nitrogens with one attached hydrogen (secondary N) is 2. The van der Waals surface area contributed by atoms with Crippen LogP contribution in [-0.4, -0.2) is 6.54 Å². The Bertz CT molecular complexity index is 247. The van der Waals surface area contributed by atoms with Crippen LogP contribution < -0.4 is 10.9 Å². The van der Waals surface area contributed by atoms with Crippen LogP contribution in [0.5, 0.6) is 0 Å². The molecule has 1 aromatic carbocycles. The zero-order chi connectivity index (χ0) is 8.39. The van der Waals surface area contributed by atoms with Gasteiger partial charge in [-0.05, 0) is 18.9 Å². The maximum atomic E-state index is 3.24. The summed E-state index contributed by atoms with van der Waals surface area (Å²) in [4.78, 5) is 0. The molecule has 2 heteroatoms. The van der Waals surface area contributed by atoms with E-state index in [1.165, 1.54) is 17.5 Å². The quantitative estimate of drug-likeness (QED) is 0.654. The van der Waals surface area contributed by atoms with Gasteiger partial charge in [0.2, 0.25) is 0 Å². The molecule has 64 valence electrons. The highest BCUT2D eigenvalue weighted by Crippen LogP contribution is 2.18. The highest BCUT2D eigenvalue weighted by atomic mass is 15.4. The summed E-state index contributed by atoms with van der Waals surface area (Å²) in [5.74, 6) is 0. The Morgan fingerprint density at radius 1 is 1.25 bits per heavy atom. The molecule has 0 spiro atoms. The van der Waals surface area contributed by atoms with Crippen LogP contribution in [0.15, 0.2) is 24.3 Å². The second kappa shape index (κ2) is 3.25. The molecule has 1 atom stereocenters. The highest BCUT2D eigenvalue weighted by Gasteiger charge is 2.14. The van der Waals surface area contributed by atoms with Crippen molar-refractivity contribution in [3.05, 3.63) is 35.4 Å². The average molecular weight is 162 g/mol. The van der Waals surface area contributed by atoms with Crippen molar-refractivity contribution in [2.24, 2.45) is 0 Å². The minimum absolute atomic E-state index is 0.505. The van der Waals surface area contributed by atoms with E-state index in [1.54, 1.807) is 0 Å². The van der Waals surface area contributed by atoms with Gasteiger partial charge in [0.05, 0.1) is 0 Å². The second-order valence-electron chi connectivity index (χ2n) is 3.32. The first-order valence-electron chi connectivity index (χ1n) is 4.41. The van der Waals surface area contributed by atoms with Crippen LogP contribution in [0, 0.1) is 6.92 Å². The average Bonchev–Trinajstić information content (AvgIpc) is 2.58. The first-order chi connectivity index (χ1) is 5.86. The van der Waals surface area contributed by atoms with Crippen LogP contribution in [0.1, 0.15) is 23.6 Å². The summed E-state index contributed by atoms with van der Waals surface area (Å²) in [5, 5.41) is 0. The van der Waals surface area contributed by atoms with Gasteiger partial charge in [-0.2, -0.15) is 0 Å². The van der Waals surface area contributed by atoms with Gasteiger partial charge >= 0.3 is 0 Å². The number of rotatable bonds is 1. The van der Waals surface area contributed by atoms with Gasteiger partial charge in [-0.25, -0.2) is 0 Å². The fourth-order valence-corrected chi connectivity index (χ4v) is 1.53. The van der Waals surface area contributed by atoms with E-state index < -0.39 is 0 Å². The predicted molar refractivity (Wildman–Crippen MR) is 49.7 cm³/mol. The molecular formula is C10H14N2. The van der Waals surface area contributed by atoms with E-state index in [2.05, 4.69) is 42.0 Å². The summed E-state index contributed by atoms with van der Waals surface area (Å²) in [7, 11) is 0. The van der Waals surface area contributed by atoms with Crippen molar-refractivity contribution < 1.29 is 0 Å². The molecule has 1 aromatic rings. The Balaban J connectivity index is 2.17. The SMILES string of the molecule is Cc1ccc(C2CCNN2)cc1. The van der Waals surface area contributed by atoms with Gasteiger partial charge in [-0.15, -0.1) is 0 Å². The second-order valence-corrected chi connectivity index (χ2v) is 3.32. The topological polar surface area (TPSA) is 24.1 Å². The molecule has 1 aliphatic rings. The predicted octanol–water partition coefficient (Wildman–Crippen LogP) is 1.53. The lowest BCUT2D eigenvalue weighted by atomic mass is 10.0. The van der Waals surface area contributed by atoms with E-state index in [0.29, 0.717) is 6.04 Å². The summed E-state index contributed by atoms with van der Waals surface area (Å²) in [5.41, 5.74) is 9.08. The third-order valence-electron chi connectivity index (χ3n) is 2.31. The minimum atomic E-state index is 0.505. The Labute approximate surface area is 73.0 Å². The number of aryl methyl sites for hydroxylation is 1. The van der Waals surface area contributed by atoms with Crippen LogP contribution in [0.2, 0.25) is 0 Å². The normalized spacial score (nSPS) is 22.9. The summed E-state index contributed by atoms with van der Waals surface area (Å²) in [6.45, 7) is 3.18. The fourth-order valence-electron chi connectivity index (χ4n) is 1.53. The van der Waals surface area contributed by atoms with Gasteiger partial charge in [-0.1, -0.05) is 29.8 Å². The lowest BCUT2D eigenvalue weighted by Gasteiger charge is -2.09. The number of hydrogen-bond acceptors (Lipinski definition) is 2. The third-order valence-corrected chi connectivity index (χ3v) is 2.31. The fraction of sp³-hybridized carbons (Fsp3) is 0.400. The van der Waals surface area contributed by atoms with Crippen LogP contribution in [-0.2, 0) is 0 Å². The molecule has 0 radical (unpaired) electrons. The molecule has 12 heavy (non-hydrogen) atoms. The number of benzene rings is 1. The van der Waals surface area contributed by atoms with E-state index in [-0.39, 0.29) is 0 Å². The minimum Gasteiger partial charge on any atom is -0.257 e. The van der Waals surface area contributed by atoms with E-state index in [1.807, 2.05) is 0 Å². The summed E-state index contributed by atoms with van der Waals surface area (Å²) in [6.07, 6.45) is 1.18. The molecule has 1 unspecified atom stereocenters. The Morgan fingerprint density at radius 3 is 2.58 bits per heavy atom. The van der Waals surface area contributed by atoms with Crippen LogP contribution in [0.25, 0.3) is 0 Å². The molecule has 0 aliphatic carbocycles. The third kappa shape index (κ3) is 1.49. The lowest BCUT2D eigenvalue weighted by molar-refractivity contribution is 0.581. The zero-order valence-corrected chi connectivity index (χ0v) is 7.30. The van der Waals surface area contributed by atoms with Crippen molar-refractivity contribution in [2.45, 2.75) is 19.4 Å². The van der Waals surface area contributed by atoms with E-state index in [4.69, 9.17) is 0 Å². The van der Waals surface area contributed by atoms with Crippen LogP contribution >= 0.6 is 0 Å². The first kappa shape index (κ1) is 7.77. The lowest BCUT2D eigenvalue weighted by Crippen LogP contribution is -2.24. The zero-order valence-electron chi connectivity index (χ0n) is 7.30. The highest BCUT2D eigenvalue weighted by molar-refractivity contribution is 5.24. The maximum Gasteiger partial charge on any atom is 0.0475 e. The molecule has 2 N–H and O–H groups in total. The van der Waals surface area contributed by atoms with Gasteiger partial charge in [0.25, 0.3) is 0 Å². The molecular weight excluding hydrogens is 148 g/mol. The summed E-state index contributed by atoms with van der Waals surface area (Å²) < 4.78 is 0. The van der Waals surface area contributed by atoms with Crippen molar-refractivity contribution >= 4 is 0 Å². The molecule has 0 bridgehead atoms. The molecule has 1 heterocycles. The molecule has 0 amide bonds. The summed E-state index contributed by atoms with van der Waals surface area (Å²) in [6, 6.07) is 9.22. The van der Waals surface area contributed by atoms with Gasteiger partial charge < -0.3 is 0 Å². The Morgan fingerprint density at radius 2 is 2.00 bits per heavy atom. The summed E-state index contributed by atoms with van der Waals surface area (Å²) >= 11 is 0. The molecule has 0 saturated carbocycles. The van der Waals surface area contributed by atoms with Gasteiger partial charge in [-0.3, -0.25) is 10.9 Å². The van der Waals surface area contributed by atoms with Crippen LogP contribution in [0.4, 0.5) is 0 Å².